The van der Waals surface area contributed by atoms with Crippen molar-refractivity contribution in [2.24, 2.45) is 0 Å². The first-order valence-corrected chi connectivity index (χ1v) is 11.3. The second kappa shape index (κ2) is 9.77. The fourth-order valence-corrected chi connectivity index (χ4v) is 4.23. The Morgan fingerprint density at radius 3 is 2.39 bits per heavy atom. The molecular weight excluding hydrogens is 441 g/mol. The minimum atomic E-state index is -0.316. The number of piperazine rings is 1. The summed E-state index contributed by atoms with van der Waals surface area (Å²) in [5.74, 6) is 0.314. The van der Waals surface area contributed by atoms with Crippen LogP contribution in [0.1, 0.15) is 29.9 Å². The molecule has 1 saturated heterocycles. The van der Waals surface area contributed by atoms with Crippen LogP contribution in [0.5, 0.6) is 0 Å². The Bertz CT molecular complexity index is 1140. The molecule has 2 heterocycles. The van der Waals surface area contributed by atoms with Gasteiger partial charge in [0.2, 0.25) is 0 Å². The highest BCUT2D eigenvalue weighted by Gasteiger charge is 2.23. The molecule has 0 aliphatic carbocycles. The van der Waals surface area contributed by atoms with E-state index in [-0.39, 0.29) is 11.7 Å². The number of pyridine rings is 1. The molecular formula is C25H27ClFN5O. The molecule has 8 heteroatoms. The molecule has 2 aromatic carbocycles. The summed E-state index contributed by atoms with van der Waals surface area (Å²) < 4.78 is 13.2. The molecule has 1 amide bonds. The second-order valence-corrected chi connectivity index (χ2v) is 8.86. The number of aromatic nitrogens is 1. The molecule has 33 heavy (non-hydrogen) atoms. The fraction of sp³-hybridized carbons (Fsp3) is 0.280. The van der Waals surface area contributed by atoms with Crippen LogP contribution in [-0.2, 0) is 0 Å². The predicted octanol–water partition coefficient (Wildman–Crippen LogP) is 5.37. The molecule has 4 rings (SSSR count). The lowest BCUT2D eigenvalue weighted by molar-refractivity contribution is 0.102. The molecule has 0 radical (unpaired) electrons. The Hall–Kier alpha value is -3.16. The smallest absolute Gasteiger partial charge is 0.257 e. The quantitative estimate of drug-likeness (QED) is 0.471. The number of anilines is 4. The zero-order chi connectivity index (χ0) is 23.5. The highest BCUT2D eigenvalue weighted by Crippen LogP contribution is 2.29. The van der Waals surface area contributed by atoms with Gasteiger partial charge in [-0.05, 0) is 75.4 Å². The van der Waals surface area contributed by atoms with E-state index in [1.165, 1.54) is 12.1 Å². The molecule has 1 aliphatic heterocycles. The maximum Gasteiger partial charge on any atom is 0.257 e. The van der Waals surface area contributed by atoms with E-state index >= 15 is 0 Å². The van der Waals surface area contributed by atoms with E-state index in [9.17, 15) is 9.18 Å². The summed E-state index contributed by atoms with van der Waals surface area (Å²) in [6.07, 6.45) is 0. The predicted molar refractivity (Wildman–Crippen MR) is 132 cm³/mol. The number of carbonyl (C=O) groups excluding carboxylic acids is 1. The zero-order valence-electron chi connectivity index (χ0n) is 18.8. The summed E-state index contributed by atoms with van der Waals surface area (Å²) in [6, 6.07) is 15.6. The standard InChI is InChI=1S/C25H27ClFN5O/c1-15-13-32(14-16(2)28-15)24-11-9-21(17(3)29-24)25(33)31-20-8-10-22(26)23(12-20)30-19-6-4-18(27)5-7-19/h4-12,15-16,28,30H,13-14H2,1-3H3,(H,31,33). The van der Waals surface area contributed by atoms with Crippen LogP contribution in [0.2, 0.25) is 5.02 Å². The lowest BCUT2D eigenvalue weighted by atomic mass is 10.1. The number of nitrogens with one attached hydrogen (secondary N) is 3. The molecule has 1 aliphatic rings. The molecule has 0 spiro atoms. The van der Waals surface area contributed by atoms with Gasteiger partial charge in [0.05, 0.1) is 22.0 Å². The van der Waals surface area contributed by atoms with Crippen LogP contribution >= 0.6 is 11.6 Å². The number of amides is 1. The van der Waals surface area contributed by atoms with Crippen molar-refractivity contribution in [1.82, 2.24) is 10.3 Å². The average Bonchev–Trinajstić information content (AvgIpc) is 2.76. The number of benzene rings is 2. The maximum atomic E-state index is 13.2. The minimum absolute atomic E-state index is 0.247. The van der Waals surface area contributed by atoms with Crippen LogP contribution in [0.25, 0.3) is 0 Å². The van der Waals surface area contributed by atoms with Gasteiger partial charge in [0, 0.05) is 36.5 Å². The van der Waals surface area contributed by atoms with Crippen molar-refractivity contribution in [2.75, 3.05) is 28.6 Å². The van der Waals surface area contributed by atoms with Gasteiger partial charge in [0.15, 0.2) is 0 Å². The van der Waals surface area contributed by atoms with E-state index in [1.54, 1.807) is 30.3 Å². The lowest BCUT2D eigenvalue weighted by Gasteiger charge is -2.37. The molecule has 2 atom stereocenters. The summed E-state index contributed by atoms with van der Waals surface area (Å²) in [6.45, 7) is 7.90. The molecule has 6 nitrogen and oxygen atoms in total. The Labute approximate surface area is 198 Å². The molecule has 172 valence electrons. The monoisotopic (exact) mass is 467 g/mol. The second-order valence-electron chi connectivity index (χ2n) is 8.46. The van der Waals surface area contributed by atoms with Crippen molar-refractivity contribution < 1.29 is 9.18 Å². The van der Waals surface area contributed by atoms with E-state index in [2.05, 4.69) is 34.7 Å². The van der Waals surface area contributed by atoms with E-state index in [0.29, 0.717) is 45.4 Å². The van der Waals surface area contributed by atoms with Crippen molar-refractivity contribution in [1.29, 1.82) is 0 Å². The van der Waals surface area contributed by atoms with Crippen molar-refractivity contribution >= 4 is 40.4 Å². The van der Waals surface area contributed by atoms with Crippen LogP contribution in [0, 0.1) is 12.7 Å². The minimum Gasteiger partial charge on any atom is -0.354 e. The van der Waals surface area contributed by atoms with Gasteiger partial charge in [-0.25, -0.2) is 9.37 Å². The number of nitrogens with zero attached hydrogens (tertiary/aromatic N) is 2. The summed E-state index contributed by atoms with van der Waals surface area (Å²) >= 11 is 6.30. The average molecular weight is 468 g/mol. The summed E-state index contributed by atoms with van der Waals surface area (Å²) in [4.78, 5) is 19.9. The molecule has 3 N–H and O–H groups in total. The first kappa shape index (κ1) is 23.0. The van der Waals surface area contributed by atoms with E-state index in [0.717, 1.165) is 18.9 Å². The lowest BCUT2D eigenvalue weighted by Crippen LogP contribution is -2.54. The van der Waals surface area contributed by atoms with Gasteiger partial charge in [-0.2, -0.15) is 0 Å². The van der Waals surface area contributed by atoms with Gasteiger partial charge >= 0.3 is 0 Å². The molecule has 0 saturated carbocycles. The molecule has 1 aromatic heterocycles. The van der Waals surface area contributed by atoms with E-state index in [4.69, 9.17) is 16.6 Å². The number of hydrogen-bond acceptors (Lipinski definition) is 5. The zero-order valence-corrected chi connectivity index (χ0v) is 19.6. The first-order valence-electron chi connectivity index (χ1n) is 10.9. The highest BCUT2D eigenvalue weighted by atomic mass is 35.5. The fourth-order valence-electron chi connectivity index (χ4n) is 4.06. The molecule has 2 unspecified atom stereocenters. The van der Waals surface area contributed by atoms with Crippen molar-refractivity contribution in [3.8, 4) is 0 Å². The van der Waals surface area contributed by atoms with Crippen molar-refractivity contribution in [3.63, 3.8) is 0 Å². The number of hydrogen-bond donors (Lipinski definition) is 3. The van der Waals surface area contributed by atoms with Gasteiger partial charge in [-0.15, -0.1) is 0 Å². The SMILES string of the molecule is Cc1nc(N2CC(C)NC(C)C2)ccc1C(=O)Nc1ccc(Cl)c(Nc2ccc(F)cc2)c1. The van der Waals surface area contributed by atoms with Crippen LogP contribution in [-0.4, -0.2) is 36.1 Å². The van der Waals surface area contributed by atoms with E-state index in [1.807, 2.05) is 19.1 Å². The Kier molecular flexibility index (Phi) is 6.81. The largest absolute Gasteiger partial charge is 0.354 e. The van der Waals surface area contributed by atoms with Crippen LogP contribution < -0.4 is 20.9 Å². The summed E-state index contributed by atoms with van der Waals surface area (Å²) in [5.41, 5.74) is 3.06. The maximum absolute atomic E-state index is 13.2. The normalized spacial score (nSPS) is 18.2. The van der Waals surface area contributed by atoms with Crippen molar-refractivity contribution in [3.05, 3.63) is 76.7 Å². The third-order valence-corrected chi connectivity index (χ3v) is 5.87. The van der Waals surface area contributed by atoms with Crippen LogP contribution in [0.3, 0.4) is 0 Å². The number of carbonyl (C=O) groups is 1. The van der Waals surface area contributed by atoms with Gasteiger partial charge in [-0.3, -0.25) is 4.79 Å². The third-order valence-electron chi connectivity index (χ3n) is 5.54. The van der Waals surface area contributed by atoms with Gasteiger partial charge < -0.3 is 20.9 Å². The van der Waals surface area contributed by atoms with Crippen LogP contribution in [0.4, 0.5) is 27.3 Å². The number of aryl methyl sites for hydroxylation is 1. The Morgan fingerprint density at radius 2 is 1.73 bits per heavy atom. The summed E-state index contributed by atoms with van der Waals surface area (Å²) in [5, 5.41) is 10.1. The van der Waals surface area contributed by atoms with Gasteiger partial charge in [-0.1, -0.05) is 11.6 Å². The number of halogens is 2. The number of rotatable bonds is 5. The third kappa shape index (κ3) is 5.61. The Morgan fingerprint density at radius 1 is 1.06 bits per heavy atom. The molecule has 3 aromatic rings. The summed E-state index contributed by atoms with van der Waals surface area (Å²) in [7, 11) is 0. The topological polar surface area (TPSA) is 69.3 Å². The Balaban J connectivity index is 1.48. The molecule has 0 bridgehead atoms. The molecule has 1 fully saturated rings. The van der Waals surface area contributed by atoms with Gasteiger partial charge in [0.1, 0.15) is 11.6 Å². The highest BCUT2D eigenvalue weighted by molar-refractivity contribution is 6.33. The van der Waals surface area contributed by atoms with Gasteiger partial charge in [0.25, 0.3) is 5.91 Å². The van der Waals surface area contributed by atoms with Crippen molar-refractivity contribution in [2.45, 2.75) is 32.9 Å². The van der Waals surface area contributed by atoms with E-state index < -0.39 is 0 Å². The van der Waals surface area contributed by atoms with Crippen LogP contribution in [0.15, 0.2) is 54.6 Å². The first-order chi connectivity index (χ1) is 15.8.